The quantitative estimate of drug-likeness (QED) is 0.624. The number of ether oxygens (including phenoxy) is 1. The lowest BCUT2D eigenvalue weighted by atomic mass is 10.1. The monoisotopic (exact) mass is 227 g/mol. The maximum atomic E-state index is 12.2. The Balaban J connectivity index is 1.85. The summed E-state index contributed by atoms with van der Waals surface area (Å²) < 4.78 is 5.42. The molecular formula is C11H21N3O2. The van der Waals surface area contributed by atoms with Crippen LogP contribution in [0.1, 0.15) is 0 Å². The maximum Gasteiger partial charge on any atom is 0.229 e. The van der Waals surface area contributed by atoms with E-state index in [2.05, 4.69) is 17.3 Å². The molecule has 0 aromatic heterocycles. The summed E-state index contributed by atoms with van der Waals surface area (Å²) in [7, 11) is 2.10. The van der Waals surface area contributed by atoms with Crippen LogP contribution in [0.3, 0.4) is 0 Å². The number of piperazine rings is 1. The van der Waals surface area contributed by atoms with Crippen molar-refractivity contribution >= 4 is 5.91 Å². The molecule has 5 heteroatoms. The molecule has 0 radical (unpaired) electrons. The molecule has 16 heavy (non-hydrogen) atoms. The van der Waals surface area contributed by atoms with Crippen molar-refractivity contribution in [2.24, 2.45) is 5.92 Å². The molecule has 1 amide bonds. The van der Waals surface area contributed by atoms with Crippen molar-refractivity contribution in [3.05, 3.63) is 0 Å². The number of carbonyl (C=O) groups is 1. The molecule has 0 aromatic rings. The van der Waals surface area contributed by atoms with Crippen LogP contribution in [0, 0.1) is 5.92 Å². The van der Waals surface area contributed by atoms with Gasteiger partial charge in [-0.15, -0.1) is 0 Å². The van der Waals surface area contributed by atoms with E-state index in [9.17, 15) is 4.79 Å². The number of nitrogens with zero attached hydrogens (tertiary/aromatic N) is 2. The average Bonchev–Trinajstić information content (AvgIpc) is 2.57. The van der Waals surface area contributed by atoms with Gasteiger partial charge in [0.15, 0.2) is 0 Å². The van der Waals surface area contributed by atoms with Crippen molar-refractivity contribution in [1.82, 2.24) is 15.1 Å². The second-order valence-corrected chi connectivity index (χ2v) is 4.60. The molecule has 0 unspecified atom stereocenters. The van der Waals surface area contributed by atoms with Crippen LogP contribution < -0.4 is 5.32 Å². The third-order valence-corrected chi connectivity index (χ3v) is 3.30. The Labute approximate surface area is 96.7 Å². The minimum atomic E-state index is 0.00547. The van der Waals surface area contributed by atoms with Gasteiger partial charge in [0.05, 0.1) is 19.1 Å². The molecule has 5 nitrogen and oxygen atoms in total. The lowest BCUT2D eigenvalue weighted by molar-refractivity contribution is -0.138. The molecule has 2 fully saturated rings. The second kappa shape index (κ2) is 5.61. The van der Waals surface area contributed by atoms with Crippen LogP contribution >= 0.6 is 0 Å². The molecule has 0 aromatic carbocycles. The summed E-state index contributed by atoms with van der Waals surface area (Å²) in [6.07, 6.45) is 0. The Kier molecular flexibility index (Phi) is 4.15. The fourth-order valence-corrected chi connectivity index (χ4v) is 2.15. The molecule has 2 saturated heterocycles. The van der Waals surface area contributed by atoms with Crippen LogP contribution in [0.2, 0.25) is 0 Å². The van der Waals surface area contributed by atoms with Crippen LogP contribution in [0.5, 0.6) is 0 Å². The van der Waals surface area contributed by atoms with Crippen molar-refractivity contribution < 1.29 is 9.53 Å². The van der Waals surface area contributed by atoms with Crippen molar-refractivity contribution in [1.29, 1.82) is 0 Å². The van der Waals surface area contributed by atoms with Gasteiger partial charge in [0.2, 0.25) is 5.91 Å². The number of likely N-dealkylation sites (N-methyl/N-ethyl adjacent to an activating group) is 1. The zero-order chi connectivity index (χ0) is 11.4. The standard InChI is InChI=1S/C11H21N3O2/c1-13-3-5-14(6-4-13)11(15)10-8-12-2-7-16-9-10/h10,12H,2-9H2,1H3/t10-/m1/s1. The highest BCUT2D eigenvalue weighted by atomic mass is 16.5. The first kappa shape index (κ1) is 11.8. The summed E-state index contributed by atoms with van der Waals surface area (Å²) in [5.74, 6) is 0.258. The van der Waals surface area contributed by atoms with E-state index in [1.807, 2.05) is 4.90 Å². The molecule has 2 heterocycles. The highest BCUT2D eigenvalue weighted by Gasteiger charge is 2.27. The van der Waals surface area contributed by atoms with E-state index in [4.69, 9.17) is 4.74 Å². The number of hydrogen-bond acceptors (Lipinski definition) is 4. The van der Waals surface area contributed by atoms with Crippen LogP contribution in [-0.2, 0) is 9.53 Å². The topological polar surface area (TPSA) is 44.8 Å². The van der Waals surface area contributed by atoms with E-state index in [1.165, 1.54) is 0 Å². The summed E-state index contributed by atoms with van der Waals surface area (Å²) in [5.41, 5.74) is 0. The molecule has 92 valence electrons. The predicted octanol–water partition coefficient (Wildman–Crippen LogP) is -1.00. The average molecular weight is 227 g/mol. The van der Waals surface area contributed by atoms with Crippen molar-refractivity contribution in [2.45, 2.75) is 0 Å². The molecule has 0 aliphatic carbocycles. The Morgan fingerprint density at radius 3 is 2.81 bits per heavy atom. The number of hydrogen-bond donors (Lipinski definition) is 1. The van der Waals surface area contributed by atoms with Gasteiger partial charge >= 0.3 is 0 Å². The van der Waals surface area contributed by atoms with Gasteiger partial charge in [0, 0.05) is 39.3 Å². The first-order chi connectivity index (χ1) is 7.77. The first-order valence-corrected chi connectivity index (χ1v) is 6.03. The van der Waals surface area contributed by atoms with E-state index < -0.39 is 0 Å². The predicted molar refractivity (Wildman–Crippen MR) is 61.3 cm³/mol. The smallest absolute Gasteiger partial charge is 0.229 e. The molecule has 0 saturated carbocycles. The molecule has 1 N–H and O–H groups in total. The fraction of sp³-hybridized carbons (Fsp3) is 0.909. The largest absolute Gasteiger partial charge is 0.379 e. The number of rotatable bonds is 1. The number of nitrogens with one attached hydrogen (secondary N) is 1. The third kappa shape index (κ3) is 2.93. The minimum Gasteiger partial charge on any atom is -0.379 e. The highest BCUT2D eigenvalue weighted by molar-refractivity contribution is 5.79. The Morgan fingerprint density at radius 2 is 2.06 bits per heavy atom. The lowest BCUT2D eigenvalue weighted by Crippen LogP contribution is -2.50. The van der Waals surface area contributed by atoms with Crippen molar-refractivity contribution in [3.63, 3.8) is 0 Å². The Bertz CT molecular complexity index is 231. The van der Waals surface area contributed by atoms with Crippen LogP contribution in [0.4, 0.5) is 0 Å². The van der Waals surface area contributed by atoms with Crippen LogP contribution in [-0.4, -0.2) is 75.2 Å². The van der Waals surface area contributed by atoms with E-state index in [0.717, 1.165) is 39.3 Å². The second-order valence-electron chi connectivity index (χ2n) is 4.60. The van der Waals surface area contributed by atoms with E-state index in [-0.39, 0.29) is 11.8 Å². The van der Waals surface area contributed by atoms with Gasteiger partial charge in [-0.25, -0.2) is 0 Å². The van der Waals surface area contributed by atoms with Crippen molar-refractivity contribution in [2.75, 3.05) is 59.5 Å². The molecule has 2 rings (SSSR count). The molecule has 2 aliphatic heterocycles. The lowest BCUT2D eigenvalue weighted by Gasteiger charge is -2.34. The summed E-state index contributed by atoms with van der Waals surface area (Å²) in [4.78, 5) is 16.4. The van der Waals surface area contributed by atoms with E-state index in [0.29, 0.717) is 13.2 Å². The Morgan fingerprint density at radius 1 is 1.31 bits per heavy atom. The normalized spacial score (nSPS) is 28.8. The number of carbonyl (C=O) groups excluding carboxylic acids is 1. The first-order valence-electron chi connectivity index (χ1n) is 6.03. The van der Waals surface area contributed by atoms with Gasteiger partial charge in [0.25, 0.3) is 0 Å². The molecule has 0 spiro atoms. The summed E-state index contributed by atoms with van der Waals surface area (Å²) >= 11 is 0. The molecular weight excluding hydrogens is 206 g/mol. The van der Waals surface area contributed by atoms with Gasteiger partial charge < -0.3 is 19.9 Å². The van der Waals surface area contributed by atoms with Crippen LogP contribution in [0.15, 0.2) is 0 Å². The van der Waals surface area contributed by atoms with Crippen LogP contribution in [0.25, 0.3) is 0 Å². The van der Waals surface area contributed by atoms with Gasteiger partial charge in [0.1, 0.15) is 0 Å². The van der Waals surface area contributed by atoms with E-state index >= 15 is 0 Å². The summed E-state index contributed by atoms with van der Waals surface area (Å²) in [6.45, 7) is 6.56. The van der Waals surface area contributed by atoms with Gasteiger partial charge in [-0.2, -0.15) is 0 Å². The van der Waals surface area contributed by atoms with E-state index in [1.54, 1.807) is 0 Å². The highest BCUT2D eigenvalue weighted by Crippen LogP contribution is 2.08. The fourth-order valence-electron chi connectivity index (χ4n) is 2.15. The molecule has 0 bridgehead atoms. The van der Waals surface area contributed by atoms with Crippen molar-refractivity contribution in [3.8, 4) is 0 Å². The molecule has 1 atom stereocenters. The number of amides is 1. The molecule has 2 aliphatic rings. The Hall–Kier alpha value is -0.650. The van der Waals surface area contributed by atoms with Gasteiger partial charge in [-0.05, 0) is 7.05 Å². The van der Waals surface area contributed by atoms with Gasteiger partial charge in [-0.1, -0.05) is 0 Å². The minimum absolute atomic E-state index is 0.00547. The summed E-state index contributed by atoms with van der Waals surface area (Å²) in [6, 6.07) is 0. The maximum absolute atomic E-state index is 12.2. The SMILES string of the molecule is CN1CCN(C(=O)[C@@H]2CNCCOC2)CC1. The van der Waals surface area contributed by atoms with Gasteiger partial charge in [-0.3, -0.25) is 4.79 Å². The zero-order valence-electron chi connectivity index (χ0n) is 9.95. The third-order valence-electron chi connectivity index (χ3n) is 3.30. The zero-order valence-corrected chi connectivity index (χ0v) is 9.95. The summed E-state index contributed by atoms with van der Waals surface area (Å²) in [5, 5.41) is 3.24.